The van der Waals surface area contributed by atoms with Crippen molar-refractivity contribution in [2.75, 3.05) is 31.8 Å². The van der Waals surface area contributed by atoms with Gasteiger partial charge < -0.3 is 20.1 Å². The van der Waals surface area contributed by atoms with Gasteiger partial charge in [-0.15, -0.1) is 10.2 Å². The Kier molecular flexibility index (Phi) is 6.56. The molecular weight excluding hydrogens is 372 g/mol. The first kappa shape index (κ1) is 18.8. The second-order valence-corrected chi connectivity index (χ2v) is 8.07. The highest BCUT2D eigenvalue weighted by atomic mass is 32.2. The molecule has 26 heavy (non-hydrogen) atoms. The zero-order chi connectivity index (χ0) is 18.4. The topological polar surface area (TPSA) is 85.4 Å². The number of rotatable bonds is 10. The van der Waals surface area contributed by atoms with Crippen LogP contribution in [0.3, 0.4) is 0 Å². The van der Waals surface area contributed by atoms with E-state index in [4.69, 9.17) is 9.47 Å². The molecule has 3 rings (SSSR count). The van der Waals surface area contributed by atoms with Crippen LogP contribution in [0.15, 0.2) is 22.5 Å². The van der Waals surface area contributed by atoms with Gasteiger partial charge in [0.2, 0.25) is 11.0 Å². The largest absolute Gasteiger partial charge is 0.493 e. The standard InChI is InChI=1S/C17H22N4O3S2/c1-23-13-6-3-11(9-14(13)24-2)7-8-18-15(22)10-25-17-21-20-16(26-17)19-12-4-5-12/h3,6,9,12H,4-5,7-8,10H2,1-2H3,(H,18,22)(H,19,20). The zero-order valence-corrected chi connectivity index (χ0v) is 16.4. The third kappa shape index (κ3) is 5.50. The molecule has 1 aromatic carbocycles. The first-order chi connectivity index (χ1) is 12.7. The summed E-state index contributed by atoms with van der Waals surface area (Å²) in [4.78, 5) is 12.0. The van der Waals surface area contributed by atoms with Crippen LogP contribution in [0, 0.1) is 0 Å². The van der Waals surface area contributed by atoms with Gasteiger partial charge in [-0.05, 0) is 37.0 Å². The second-order valence-electron chi connectivity index (χ2n) is 5.87. The number of ether oxygens (including phenoxy) is 2. The number of carbonyl (C=O) groups excluding carboxylic acids is 1. The molecule has 9 heteroatoms. The van der Waals surface area contributed by atoms with Crippen LogP contribution in [-0.2, 0) is 11.2 Å². The van der Waals surface area contributed by atoms with Crippen LogP contribution in [-0.4, -0.2) is 48.7 Å². The van der Waals surface area contributed by atoms with Crippen molar-refractivity contribution in [2.24, 2.45) is 0 Å². The summed E-state index contributed by atoms with van der Waals surface area (Å²) in [5.41, 5.74) is 1.08. The van der Waals surface area contributed by atoms with E-state index in [2.05, 4.69) is 20.8 Å². The Labute approximate surface area is 160 Å². The van der Waals surface area contributed by atoms with Crippen molar-refractivity contribution in [3.8, 4) is 11.5 Å². The van der Waals surface area contributed by atoms with Gasteiger partial charge in [-0.25, -0.2) is 0 Å². The average Bonchev–Trinajstić information content (AvgIpc) is 3.36. The normalized spacial score (nSPS) is 13.3. The van der Waals surface area contributed by atoms with E-state index in [1.54, 1.807) is 14.2 Å². The number of aromatic nitrogens is 2. The number of benzene rings is 1. The Bertz CT molecular complexity index is 749. The number of anilines is 1. The second kappa shape index (κ2) is 9.09. The van der Waals surface area contributed by atoms with Crippen molar-refractivity contribution in [2.45, 2.75) is 29.6 Å². The zero-order valence-electron chi connectivity index (χ0n) is 14.8. The van der Waals surface area contributed by atoms with E-state index >= 15 is 0 Å². The maximum atomic E-state index is 12.0. The molecule has 0 spiro atoms. The minimum absolute atomic E-state index is 0.0117. The highest BCUT2D eigenvalue weighted by Crippen LogP contribution is 2.30. The lowest BCUT2D eigenvalue weighted by Crippen LogP contribution is -2.27. The van der Waals surface area contributed by atoms with E-state index in [1.807, 2.05) is 18.2 Å². The van der Waals surface area contributed by atoms with Crippen LogP contribution in [0.5, 0.6) is 11.5 Å². The number of amides is 1. The summed E-state index contributed by atoms with van der Waals surface area (Å²) < 4.78 is 11.3. The Morgan fingerprint density at radius 2 is 2.08 bits per heavy atom. The van der Waals surface area contributed by atoms with Gasteiger partial charge >= 0.3 is 0 Å². The van der Waals surface area contributed by atoms with Gasteiger partial charge in [0.15, 0.2) is 15.8 Å². The van der Waals surface area contributed by atoms with Crippen molar-refractivity contribution in [3.05, 3.63) is 23.8 Å². The Morgan fingerprint density at radius 3 is 2.81 bits per heavy atom. The molecule has 2 aromatic rings. The van der Waals surface area contributed by atoms with E-state index in [1.165, 1.54) is 35.9 Å². The SMILES string of the molecule is COc1ccc(CCNC(=O)CSc2nnc(NC3CC3)s2)cc1OC. The van der Waals surface area contributed by atoms with Crippen molar-refractivity contribution in [1.29, 1.82) is 0 Å². The summed E-state index contributed by atoms with van der Waals surface area (Å²) >= 11 is 2.91. The molecule has 0 radical (unpaired) electrons. The van der Waals surface area contributed by atoms with E-state index < -0.39 is 0 Å². The van der Waals surface area contributed by atoms with Gasteiger partial charge in [0, 0.05) is 12.6 Å². The van der Waals surface area contributed by atoms with Gasteiger partial charge in [-0.3, -0.25) is 4.79 Å². The molecular formula is C17H22N4O3S2. The number of hydrogen-bond donors (Lipinski definition) is 2. The van der Waals surface area contributed by atoms with Crippen LogP contribution >= 0.6 is 23.1 Å². The molecule has 1 heterocycles. The number of methoxy groups -OCH3 is 2. The number of nitrogens with zero attached hydrogens (tertiary/aromatic N) is 2. The van der Waals surface area contributed by atoms with E-state index in [9.17, 15) is 4.79 Å². The third-order valence-electron chi connectivity index (χ3n) is 3.82. The van der Waals surface area contributed by atoms with Gasteiger partial charge in [0.25, 0.3) is 0 Å². The number of thioether (sulfide) groups is 1. The minimum Gasteiger partial charge on any atom is -0.493 e. The van der Waals surface area contributed by atoms with Crippen LogP contribution in [0.1, 0.15) is 18.4 Å². The summed E-state index contributed by atoms with van der Waals surface area (Å²) in [6.45, 7) is 0.569. The van der Waals surface area contributed by atoms with Crippen molar-refractivity contribution in [3.63, 3.8) is 0 Å². The Hall–Kier alpha value is -2.00. The molecule has 1 aliphatic rings. The summed E-state index contributed by atoms with van der Waals surface area (Å²) in [7, 11) is 3.22. The highest BCUT2D eigenvalue weighted by Gasteiger charge is 2.22. The molecule has 2 N–H and O–H groups in total. The molecule has 0 unspecified atom stereocenters. The lowest BCUT2D eigenvalue weighted by molar-refractivity contribution is -0.118. The fraction of sp³-hybridized carbons (Fsp3) is 0.471. The molecule has 1 amide bonds. The molecule has 0 atom stereocenters. The maximum Gasteiger partial charge on any atom is 0.230 e. The number of hydrogen-bond acceptors (Lipinski definition) is 8. The summed E-state index contributed by atoms with van der Waals surface area (Å²) in [5.74, 6) is 1.72. The first-order valence-corrected chi connectivity index (χ1v) is 10.2. The first-order valence-electron chi connectivity index (χ1n) is 8.38. The van der Waals surface area contributed by atoms with Crippen LogP contribution < -0.4 is 20.1 Å². The lowest BCUT2D eigenvalue weighted by atomic mass is 10.1. The molecule has 1 fully saturated rings. The van der Waals surface area contributed by atoms with Crippen molar-refractivity contribution >= 4 is 34.1 Å². The molecule has 140 valence electrons. The van der Waals surface area contributed by atoms with E-state index in [0.717, 1.165) is 21.5 Å². The van der Waals surface area contributed by atoms with Gasteiger partial charge in [-0.2, -0.15) is 0 Å². The maximum absolute atomic E-state index is 12.0. The molecule has 1 aliphatic carbocycles. The molecule has 1 aromatic heterocycles. The number of nitrogens with one attached hydrogen (secondary N) is 2. The lowest BCUT2D eigenvalue weighted by Gasteiger charge is -2.10. The smallest absolute Gasteiger partial charge is 0.230 e. The van der Waals surface area contributed by atoms with Crippen LogP contribution in [0.4, 0.5) is 5.13 Å². The Balaban J connectivity index is 1.38. The summed E-state index contributed by atoms with van der Waals surface area (Å²) in [6.07, 6.45) is 3.13. The fourth-order valence-electron chi connectivity index (χ4n) is 2.29. The third-order valence-corrected chi connectivity index (χ3v) is 5.81. The monoisotopic (exact) mass is 394 g/mol. The predicted octanol–water partition coefficient (Wildman–Crippen LogP) is 2.58. The van der Waals surface area contributed by atoms with Gasteiger partial charge in [-0.1, -0.05) is 29.2 Å². The molecule has 0 bridgehead atoms. The average molecular weight is 395 g/mol. The highest BCUT2D eigenvalue weighted by molar-refractivity contribution is 8.01. The van der Waals surface area contributed by atoms with Crippen LogP contribution in [0.25, 0.3) is 0 Å². The summed E-state index contributed by atoms with van der Waals surface area (Å²) in [6, 6.07) is 6.32. The minimum atomic E-state index is -0.0117. The van der Waals surface area contributed by atoms with E-state index in [-0.39, 0.29) is 5.91 Å². The van der Waals surface area contributed by atoms with Crippen LogP contribution in [0.2, 0.25) is 0 Å². The Morgan fingerprint density at radius 1 is 1.27 bits per heavy atom. The van der Waals surface area contributed by atoms with Gasteiger partial charge in [0.1, 0.15) is 0 Å². The quantitative estimate of drug-likeness (QED) is 0.599. The molecule has 0 aliphatic heterocycles. The fourth-order valence-corrected chi connectivity index (χ4v) is 3.95. The van der Waals surface area contributed by atoms with Crippen molar-refractivity contribution < 1.29 is 14.3 Å². The van der Waals surface area contributed by atoms with Gasteiger partial charge in [0.05, 0.1) is 20.0 Å². The number of carbonyl (C=O) groups is 1. The predicted molar refractivity (Wildman–Crippen MR) is 104 cm³/mol. The molecule has 0 saturated heterocycles. The summed E-state index contributed by atoms with van der Waals surface area (Å²) in [5, 5.41) is 15.3. The van der Waals surface area contributed by atoms with E-state index in [0.29, 0.717) is 29.8 Å². The molecule has 7 nitrogen and oxygen atoms in total. The van der Waals surface area contributed by atoms with Crippen molar-refractivity contribution in [1.82, 2.24) is 15.5 Å². The molecule has 1 saturated carbocycles.